The minimum atomic E-state index is 0.455. The molecule has 0 aliphatic carbocycles. The highest BCUT2D eigenvalue weighted by atomic mass is 16.3. The van der Waals surface area contributed by atoms with E-state index < -0.39 is 0 Å². The molecule has 0 bridgehead atoms. The fraction of sp³-hybridized carbons (Fsp3) is 0.258. The maximum Gasteiger partial charge on any atom is 0.216 e. The van der Waals surface area contributed by atoms with Crippen LogP contribution in [0.4, 0.5) is 0 Å². The number of furan rings is 1. The van der Waals surface area contributed by atoms with Gasteiger partial charge < -0.3 is 4.42 Å². The van der Waals surface area contributed by atoms with E-state index >= 15 is 0 Å². The lowest BCUT2D eigenvalue weighted by molar-refractivity contribution is -0.660. The van der Waals surface area contributed by atoms with Gasteiger partial charge in [0.1, 0.15) is 18.2 Å². The number of hydrogen-bond acceptors (Lipinski definition) is 1. The summed E-state index contributed by atoms with van der Waals surface area (Å²) in [5.74, 6) is 0.910. The second-order valence-electron chi connectivity index (χ2n) is 9.76. The summed E-state index contributed by atoms with van der Waals surface area (Å²) < 4.78 is 8.64. The van der Waals surface area contributed by atoms with Crippen LogP contribution in [0.2, 0.25) is 0 Å². The zero-order valence-corrected chi connectivity index (χ0v) is 20.4. The molecule has 0 N–H and O–H groups in total. The summed E-state index contributed by atoms with van der Waals surface area (Å²) in [6, 6.07) is 24.1. The van der Waals surface area contributed by atoms with Crippen molar-refractivity contribution in [2.45, 2.75) is 46.5 Å². The average Bonchev–Trinajstić information content (AvgIpc) is 3.17. The van der Waals surface area contributed by atoms with Crippen molar-refractivity contribution >= 4 is 21.9 Å². The van der Waals surface area contributed by atoms with Crippen LogP contribution in [0.15, 0.2) is 77.3 Å². The van der Waals surface area contributed by atoms with Crippen molar-refractivity contribution < 1.29 is 8.98 Å². The summed E-state index contributed by atoms with van der Waals surface area (Å²) in [6.45, 7) is 11.3. The number of benzene rings is 3. The van der Waals surface area contributed by atoms with E-state index in [1.165, 1.54) is 49.8 Å². The molecular weight excluding hydrogens is 402 g/mol. The molecule has 5 aromatic rings. The molecule has 0 saturated carbocycles. The first-order valence-electron chi connectivity index (χ1n) is 11.9. The number of rotatable bonds is 4. The van der Waals surface area contributed by atoms with E-state index in [1.807, 2.05) is 6.07 Å². The van der Waals surface area contributed by atoms with Gasteiger partial charge in [-0.05, 0) is 52.6 Å². The van der Waals surface area contributed by atoms with E-state index in [0.29, 0.717) is 11.8 Å². The lowest BCUT2D eigenvalue weighted by atomic mass is 9.85. The molecular formula is C31H32NO+. The zero-order valence-electron chi connectivity index (χ0n) is 20.4. The zero-order chi connectivity index (χ0) is 23.3. The van der Waals surface area contributed by atoms with E-state index in [9.17, 15) is 0 Å². The van der Waals surface area contributed by atoms with Gasteiger partial charge in [0.15, 0.2) is 6.20 Å². The molecule has 0 atom stereocenters. The number of hydrogen-bond donors (Lipinski definition) is 0. The number of fused-ring (bicyclic) bond motifs is 3. The number of aromatic nitrogens is 1. The van der Waals surface area contributed by atoms with Gasteiger partial charge in [0.05, 0.1) is 5.56 Å². The predicted molar refractivity (Wildman–Crippen MR) is 139 cm³/mol. The van der Waals surface area contributed by atoms with Gasteiger partial charge in [0, 0.05) is 22.9 Å². The number of para-hydroxylation sites is 1. The minimum absolute atomic E-state index is 0.455. The molecule has 0 amide bonds. The Labute approximate surface area is 196 Å². The summed E-state index contributed by atoms with van der Waals surface area (Å²) >= 11 is 0. The summed E-state index contributed by atoms with van der Waals surface area (Å²) in [5.41, 5.74) is 10.9. The predicted octanol–water partition coefficient (Wildman–Crippen LogP) is 8.30. The van der Waals surface area contributed by atoms with Crippen molar-refractivity contribution in [3.05, 3.63) is 89.6 Å². The second kappa shape index (κ2) is 8.19. The van der Waals surface area contributed by atoms with Gasteiger partial charge in [0.25, 0.3) is 0 Å². The molecule has 5 rings (SSSR count). The van der Waals surface area contributed by atoms with E-state index in [2.05, 4.69) is 113 Å². The Hall–Kier alpha value is -3.39. The number of aryl methyl sites for hydroxylation is 2. The van der Waals surface area contributed by atoms with E-state index in [4.69, 9.17) is 4.42 Å². The Morgan fingerprint density at radius 2 is 1.42 bits per heavy atom. The van der Waals surface area contributed by atoms with Gasteiger partial charge in [0.2, 0.25) is 5.69 Å². The maximum atomic E-state index is 6.43. The van der Waals surface area contributed by atoms with Crippen molar-refractivity contribution in [1.82, 2.24) is 0 Å². The largest absolute Gasteiger partial charge is 0.455 e. The van der Waals surface area contributed by atoms with Crippen LogP contribution < -0.4 is 4.57 Å². The molecule has 2 nitrogen and oxygen atoms in total. The molecule has 3 aromatic carbocycles. The van der Waals surface area contributed by atoms with Gasteiger partial charge in [-0.2, -0.15) is 0 Å². The van der Waals surface area contributed by atoms with Crippen molar-refractivity contribution in [3.63, 3.8) is 0 Å². The molecule has 0 unspecified atom stereocenters. The lowest BCUT2D eigenvalue weighted by Gasteiger charge is -2.20. The Kier molecular flexibility index (Phi) is 5.32. The third kappa shape index (κ3) is 3.54. The SMILES string of the molecule is Cc1ccc2c(oc3ccccc32)c1-c1cc(-c2c(C(C)C)cccc2C(C)C)cc[n+]1C. The first-order valence-corrected chi connectivity index (χ1v) is 11.9. The van der Waals surface area contributed by atoms with Crippen LogP contribution in [0.5, 0.6) is 0 Å². The van der Waals surface area contributed by atoms with Crippen molar-refractivity contribution in [2.75, 3.05) is 0 Å². The Balaban J connectivity index is 1.81. The van der Waals surface area contributed by atoms with Gasteiger partial charge in [-0.1, -0.05) is 76.2 Å². The van der Waals surface area contributed by atoms with Crippen molar-refractivity contribution in [2.24, 2.45) is 7.05 Å². The van der Waals surface area contributed by atoms with Crippen molar-refractivity contribution in [3.8, 4) is 22.4 Å². The van der Waals surface area contributed by atoms with Crippen LogP contribution >= 0.6 is 0 Å². The van der Waals surface area contributed by atoms with Crippen LogP contribution in [0.1, 0.15) is 56.2 Å². The maximum absolute atomic E-state index is 6.43. The van der Waals surface area contributed by atoms with E-state index in [-0.39, 0.29) is 0 Å². The molecule has 2 aromatic heterocycles. The smallest absolute Gasteiger partial charge is 0.216 e. The van der Waals surface area contributed by atoms with Crippen molar-refractivity contribution in [1.29, 1.82) is 0 Å². The number of pyridine rings is 1. The molecule has 0 aliphatic rings. The van der Waals surface area contributed by atoms with Crippen LogP contribution in [0.3, 0.4) is 0 Å². The Morgan fingerprint density at radius 1 is 0.727 bits per heavy atom. The quantitative estimate of drug-likeness (QED) is 0.260. The highest BCUT2D eigenvalue weighted by molar-refractivity contribution is 6.09. The first-order chi connectivity index (χ1) is 15.9. The molecule has 33 heavy (non-hydrogen) atoms. The molecule has 0 radical (unpaired) electrons. The van der Waals surface area contributed by atoms with Gasteiger partial charge in [-0.25, -0.2) is 4.57 Å². The molecule has 2 heteroatoms. The average molecular weight is 435 g/mol. The van der Waals surface area contributed by atoms with Crippen LogP contribution in [0, 0.1) is 6.92 Å². The summed E-state index contributed by atoms with van der Waals surface area (Å²) in [5, 5.41) is 2.34. The van der Waals surface area contributed by atoms with Gasteiger partial charge >= 0.3 is 0 Å². The molecule has 0 fully saturated rings. The minimum Gasteiger partial charge on any atom is -0.455 e. The Bertz CT molecular complexity index is 1460. The molecule has 0 saturated heterocycles. The van der Waals surface area contributed by atoms with Gasteiger partial charge in [-0.15, -0.1) is 0 Å². The summed E-state index contributed by atoms with van der Waals surface area (Å²) in [4.78, 5) is 0. The molecule has 2 heterocycles. The van der Waals surface area contributed by atoms with Crippen LogP contribution in [-0.4, -0.2) is 0 Å². The fourth-order valence-electron chi connectivity index (χ4n) is 5.06. The monoisotopic (exact) mass is 434 g/mol. The van der Waals surface area contributed by atoms with Gasteiger partial charge in [-0.3, -0.25) is 0 Å². The third-order valence-electron chi connectivity index (χ3n) is 6.82. The third-order valence-corrected chi connectivity index (χ3v) is 6.82. The Morgan fingerprint density at radius 3 is 2.12 bits per heavy atom. The molecule has 166 valence electrons. The van der Waals surface area contributed by atoms with Crippen LogP contribution in [-0.2, 0) is 7.05 Å². The molecule has 0 aliphatic heterocycles. The standard InChI is InChI=1S/C31H32NO/c1-19(2)23-11-9-12-24(20(3)4)30(23)22-16-17-32(6)27(18-22)29-21(5)14-15-26-25-10-7-8-13-28(25)33-31(26)29/h7-20H,1-6H3/q+1. The van der Waals surface area contributed by atoms with E-state index in [1.54, 1.807) is 0 Å². The number of nitrogens with zero attached hydrogens (tertiary/aromatic N) is 1. The van der Waals surface area contributed by atoms with E-state index in [0.717, 1.165) is 11.2 Å². The van der Waals surface area contributed by atoms with Crippen LogP contribution in [0.25, 0.3) is 44.3 Å². The molecule has 0 spiro atoms. The lowest BCUT2D eigenvalue weighted by Crippen LogP contribution is -2.30. The summed E-state index contributed by atoms with van der Waals surface area (Å²) in [7, 11) is 2.12. The first kappa shape index (κ1) is 21.5. The topological polar surface area (TPSA) is 17.0 Å². The highest BCUT2D eigenvalue weighted by Gasteiger charge is 2.23. The fourth-order valence-corrected chi connectivity index (χ4v) is 5.06. The second-order valence-corrected chi connectivity index (χ2v) is 9.76. The summed E-state index contributed by atoms with van der Waals surface area (Å²) in [6.07, 6.45) is 2.19. The normalized spacial score (nSPS) is 11.9. The highest BCUT2D eigenvalue weighted by Crippen LogP contribution is 2.40.